The minimum absolute atomic E-state index is 0.0638. The maximum Gasteiger partial charge on any atom is 0.237 e. The molecule has 0 saturated heterocycles. The average Bonchev–Trinajstić information content (AvgIpc) is 3.55. The van der Waals surface area contributed by atoms with Gasteiger partial charge in [0.2, 0.25) is 11.7 Å². The maximum atomic E-state index is 13.2. The fraction of sp³-hybridized carbons (Fsp3) is 0.296. The van der Waals surface area contributed by atoms with Crippen LogP contribution in [0.15, 0.2) is 82.6 Å². The molecule has 0 radical (unpaired) electrons. The second-order valence-electron chi connectivity index (χ2n) is 8.61. The van der Waals surface area contributed by atoms with Crippen molar-refractivity contribution < 1.29 is 9.21 Å². The van der Waals surface area contributed by atoms with E-state index in [-0.39, 0.29) is 11.2 Å². The van der Waals surface area contributed by atoms with Crippen molar-refractivity contribution >= 4 is 23.4 Å². The van der Waals surface area contributed by atoms with Crippen LogP contribution in [0.5, 0.6) is 0 Å². The van der Waals surface area contributed by atoms with Gasteiger partial charge in [0.1, 0.15) is 0 Å². The van der Waals surface area contributed by atoms with Crippen molar-refractivity contribution in [3.63, 3.8) is 0 Å². The summed E-state index contributed by atoms with van der Waals surface area (Å²) in [5, 5.41) is 12.5. The lowest BCUT2D eigenvalue weighted by Crippen LogP contribution is -2.24. The quantitative estimate of drug-likeness (QED) is 0.298. The van der Waals surface area contributed by atoms with Crippen LogP contribution in [0.3, 0.4) is 0 Å². The highest BCUT2D eigenvalue weighted by molar-refractivity contribution is 8.00. The average molecular weight is 473 g/mol. The zero-order chi connectivity index (χ0) is 23.3. The van der Waals surface area contributed by atoms with Crippen molar-refractivity contribution in [3.8, 4) is 22.7 Å². The lowest BCUT2D eigenvalue weighted by Gasteiger charge is -2.25. The highest BCUT2D eigenvalue weighted by Gasteiger charge is 2.27. The van der Waals surface area contributed by atoms with Gasteiger partial charge < -0.3 is 9.73 Å². The van der Waals surface area contributed by atoms with Crippen molar-refractivity contribution in [2.45, 2.75) is 55.5 Å². The number of anilines is 1. The Morgan fingerprint density at radius 1 is 1.00 bits per heavy atom. The fourth-order valence-electron chi connectivity index (χ4n) is 4.51. The molecule has 0 spiro atoms. The van der Waals surface area contributed by atoms with Gasteiger partial charge in [-0.3, -0.25) is 9.36 Å². The number of furan rings is 1. The van der Waals surface area contributed by atoms with E-state index in [1.807, 2.05) is 73.7 Å². The van der Waals surface area contributed by atoms with E-state index < -0.39 is 0 Å². The van der Waals surface area contributed by atoms with E-state index in [2.05, 4.69) is 20.1 Å². The van der Waals surface area contributed by atoms with Crippen molar-refractivity contribution in [1.82, 2.24) is 14.8 Å². The van der Waals surface area contributed by atoms with E-state index in [9.17, 15) is 4.79 Å². The molecule has 0 bridgehead atoms. The molecular formula is C27H28N4O2S. The molecule has 2 aromatic heterocycles. The largest absolute Gasteiger partial charge is 0.461 e. The number of hydrogen-bond acceptors (Lipinski definition) is 5. The van der Waals surface area contributed by atoms with Crippen LogP contribution in [-0.2, 0) is 4.79 Å². The first kappa shape index (κ1) is 22.5. The Hall–Kier alpha value is -3.32. The van der Waals surface area contributed by atoms with Gasteiger partial charge in [-0.15, -0.1) is 10.2 Å². The van der Waals surface area contributed by atoms with Gasteiger partial charge in [-0.05, 0) is 43.5 Å². The molecular weight excluding hydrogens is 444 g/mol. The first-order valence-electron chi connectivity index (χ1n) is 11.8. The van der Waals surface area contributed by atoms with Crippen LogP contribution in [0.2, 0.25) is 0 Å². The van der Waals surface area contributed by atoms with Crippen LogP contribution in [-0.4, -0.2) is 25.9 Å². The molecule has 1 atom stereocenters. The summed E-state index contributed by atoms with van der Waals surface area (Å²) >= 11 is 1.45. The number of carbonyl (C=O) groups is 1. The molecule has 2 aromatic carbocycles. The second kappa shape index (κ2) is 10.3. The lowest BCUT2D eigenvalue weighted by atomic mass is 9.95. The number of thioether (sulfide) groups is 1. The Morgan fingerprint density at radius 2 is 1.76 bits per heavy atom. The molecule has 4 aromatic rings. The molecule has 1 amide bonds. The van der Waals surface area contributed by atoms with Gasteiger partial charge in [-0.2, -0.15) is 0 Å². The number of benzene rings is 2. The Kier molecular flexibility index (Phi) is 6.81. The number of carbonyl (C=O) groups excluding carboxylic acids is 1. The molecule has 1 aliphatic rings. The summed E-state index contributed by atoms with van der Waals surface area (Å²) in [5.74, 6) is 1.38. The molecule has 1 N–H and O–H groups in total. The predicted molar refractivity (Wildman–Crippen MR) is 136 cm³/mol. The molecule has 174 valence electrons. The molecule has 6 nitrogen and oxygen atoms in total. The van der Waals surface area contributed by atoms with Gasteiger partial charge in [-0.1, -0.05) is 79.6 Å². The van der Waals surface area contributed by atoms with Gasteiger partial charge in [0.15, 0.2) is 10.9 Å². The van der Waals surface area contributed by atoms with E-state index in [1.54, 1.807) is 6.26 Å². The van der Waals surface area contributed by atoms with Crippen molar-refractivity contribution in [3.05, 3.63) is 73.0 Å². The van der Waals surface area contributed by atoms with Crippen molar-refractivity contribution in [2.75, 3.05) is 5.32 Å². The summed E-state index contributed by atoms with van der Waals surface area (Å²) in [4.78, 5) is 13.2. The summed E-state index contributed by atoms with van der Waals surface area (Å²) in [6.07, 6.45) is 7.47. The number of amides is 1. The first-order chi connectivity index (χ1) is 16.7. The maximum absolute atomic E-state index is 13.2. The molecule has 0 unspecified atom stereocenters. The molecule has 0 aliphatic heterocycles. The molecule has 1 saturated carbocycles. The van der Waals surface area contributed by atoms with Crippen LogP contribution in [0, 0.1) is 0 Å². The van der Waals surface area contributed by atoms with Crippen LogP contribution in [0.4, 0.5) is 5.69 Å². The van der Waals surface area contributed by atoms with Gasteiger partial charge in [-0.25, -0.2) is 0 Å². The molecule has 2 heterocycles. The third kappa shape index (κ3) is 4.80. The summed E-state index contributed by atoms with van der Waals surface area (Å²) in [6.45, 7) is 1.91. The Bertz CT molecular complexity index is 1230. The lowest BCUT2D eigenvalue weighted by molar-refractivity contribution is -0.115. The highest BCUT2D eigenvalue weighted by atomic mass is 32.2. The third-order valence-corrected chi connectivity index (χ3v) is 7.32. The van der Waals surface area contributed by atoms with Crippen molar-refractivity contribution in [2.24, 2.45) is 0 Å². The van der Waals surface area contributed by atoms with Gasteiger partial charge in [0.25, 0.3) is 0 Å². The minimum Gasteiger partial charge on any atom is -0.461 e. The molecule has 34 heavy (non-hydrogen) atoms. The number of hydrogen-bond donors (Lipinski definition) is 1. The smallest absolute Gasteiger partial charge is 0.237 e. The number of para-hydroxylation sites is 1. The van der Waals surface area contributed by atoms with E-state index >= 15 is 0 Å². The summed E-state index contributed by atoms with van der Waals surface area (Å²) in [6, 6.07) is 22.1. The number of nitrogens with zero attached hydrogens (tertiary/aromatic N) is 3. The molecule has 5 rings (SSSR count). The monoisotopic (exact) mass is 472 g/mol. The standard InChI is InChI=1S/C27H28N4O2S/c1-19(26(32)28-23-16-9-8-15-22(23)20-11-4-2-5-12-20)34-27-30-29-25(24-17-10-18-33-24)31(27)21-13-6-3-7-14-21/h2,4-5,8-12,15-19,21H,3,6-7,13-14H2,1H3,(H,28,32)/t19-/m0/s1. The zero-order valence-corrected chi connectivity index (χ0v) is 20.0. The van der Waals surface area contributed by atoms with Gasteiger partial charge in [0.05, 0.1) is 11.5 Å². The topological polar surface area (TPSA) is 73.0 Å². The molecule has 1 fully saturated rings. The van der Waals surface area contributed by atoms with E-state index in [4.69, 9.17) is 4.42 Å². The van der Waals surface area contributed by atoms with Gasteiger partial charge in [0, 0.05) is 17.3 Å². The van der Waals surface area contributed by atoms with E-state index in [0.29, 0.717) is 11.8 Å². The van der Waals surface area contributed by atoms with Crippen LogP contribution < -0.4 is 5.32 Å². The summed E-state index contributed by atoms with van der Waals surface area (Å²) in [5.41, 5.74) is 2.87. The van der Waals surface area contributed by atoms with Gasteiger partial charge >= 0.3 is 0 Å². The zero-order valence-electron chi connectivity index (χ0n) is 19.2. The predicted octanol–water partition coefficient (Wildman–Crippen LogP) is 6.83. The van der Waals surface area contributed by atoms with Crippen molar-refractivity contribution in [1.29, 1.82) is 0 Å². The highest BCUT2D eigenvalue weighted by Crippen LogP contribution is 2.37. The Morgan fingerprint density at radius 3 is 2.53 bits per heavy atom. The minimum atomic E-state index is -0.347. The van der Waals surface area contributed by atoms with Crippen LogP contribution in [0.25, 0.3) is 22.7 Å². The van der Waals surface area contributed by atoms with Crippen LogP contribution >= 0.6 is 11.8 Å². The fourth-order valence-corrected chi connectivity index (χ4v) is 5.43. The third-order valence-electron chi connectivity index (χ3n) is 6.27. The number of rotatable bonds is 7. The van der Waals surface area contributed by atoms with E-state index in [0.717, 1.165) is 40.6 Å². The summed E-state index contributed by atoms with van der Waals surface area (Å²) in [7, 11) is 0. The van der Waals surface area contributed by atoms with Crippen LogP contribution in [0.1, 0.15) is 45.1 Å². The molecule has 7 heteroatoms. The Labute approximate surface area is 203 Å². The first-order valence-corrected chi connectivity index (χ1v) is 12.7. The SMILES string of the molecule is C[C@H](Sc1nnc(-c2ccco2)n1C1CCCCC1)C(=O)Nc1ccccc1-c1ccccc1. The second-order valence-corrected chi connectivity index (χ2v) is 9.91. The molecule has 1 aliphatic carbocycles. The normalized spacial score (nSPS) is 15.2. The summed E-state index contributed by atoms with van der Waals surface area (Å²) < 4.78 is 7.82. The Balaban J connectivity index is 1.37. The number of nitrogens with one attached hydrogen (secondary N) is 1. The van der Waals surface area contributed by atoms with E-state index in [1.165, 1.54) is 31.0 Å². The number of aromatic nitrogens is 3.